The number of halogens is 1. The van der Waals surface area contributed by atoms with Crippen LogP contribution in [0.5, 0.6) is 0 Å². The number of rotatable bonds is 2. The van der Waals surface area contributed by atoms with Gasteiger partial charge in [-0.3, -0.25) is 4.79 Å². The fraction of sp³-hybridized carbons (Fsp3) is 0.357. The molecule has 18 heavy (non-hydrogen) atoms. The standard InChI is InChI=1S/C14H15ClN2O/c15-12-5-1-3-9-7-10(14(18)17-13(9)12)8-11-4-2-6-16-11/h1,3,5,7,11,16H,2,4,6,8H2,(H,17,18). The Kier molecular flexibility index (Phi) is 3.10. The van der Waals surface area contributed by atoms with Crippen LogP contribution >= 0.6 is 11.6 Å². The zero-order valence-electron chi connectivity index (χ0n) is 10.0. The predicted octanol–water partition coefficient (Wildman–Crippen LogP) is 2.48. The van der Waals surface area contributed by atoms with Gasteiger partial charge in [-0.15, -0.1) is 0 Å². The zero-order valence-corrected chi connectivity index (χ0v) is 10.8. The third-order valence-corrected chi connectivity index (χ3v) is 3.85. The smallest absolute Gasteiger partial charge is 0.251 e. The van der Waals surface area contributed by atoms with Gasteiger partial charge in [0, 0.05) is 17.0 Å². The summed E-state index contributed by atoms with van der Waals surface area (Å²) in [5.41, 5.74) is 1.54. The Morgan fingerprint density at radius 3 is 3.06 bits per heavy atom. The Bertz CT molecular complexity index is 629. The SMILES string of the molecule is O=c1[nH]c2c(Cl)cccc2cc1CC1CCCN1. The summed E-state index contributed by atoms with van der Waals surface area (Å²) in [6.45, 7) is 1.06. The minimum Gasteiger partial charge on any atom is -0.320 e. The molecule has 0 bridgehead atoms. The molecule has 3 nitrogen and oxygen atoms in total. The average Bonchev–Trinajstić information content (AvgIpc) is 2.84. The normalized spacial score (nSPS) is 19.5. The van der Waals surface area contributed by atoms with E-state index in [0.29, 0.717) is 11.1 Å². The van der Waals surface area contributed by atoms with Crippen LogP contribution in [-0.2, 0) is 6.42 Å². The predicted molar refractivity (Wildman–Crippen MR) is 74.3 cm³/mol. The van der Waals surface area contributed by atoms with E-state index in [4.69, 9.17) is 11.6 Å². The molecule has 1 aromatic heterocycles. The lowest BCUT2D eigenvalue weighted by Gasteiger charge is -2.10. The largest absolute Gasteiger partial charge is 0.320 e. The van der Waals surface area contributed by atoms with Gasteiger partial charge in [-0.2, -0.15) is 0 Å². The fourth-order valence-corrected chi connectivity index (χ4v) is 2.82. The lowest BCUT2D eigenvalue weighted by molar-refractivity contribution is 0.600. The molecule has 0 spiro atoms. The molecule has 1 aromatic carbocycles. The molecule has 2 heterocycles. The number of para-hydroxylation sites is 1. The summed E-state index contributed by atoms with van der Waals surface area (Å²) in [4.78, 5) is 14.9. The highest BCUT2D eigenvalue weighted by atomic mass is 35.5. The van der Waals surface area contributed by atoms with E-state index in [2.05, 4.69) is 10.3 Å². The van der Waals surface area contributed by atoms with E-state index in [1.54, 1.807) is 6.07 Å². The maximum Gasteiger partial charge on any atom is 0.251 e. The summed E-state index contributed by atoms with van der Waals surface area (Å²) < 4.78 is 0. The summed E-state index contributed by atoms with van der Waals surface area (Å²) in [6.07, 6.45) is 3.13. The van der Waals surface area contributed by atoms with Gasteiger partial charge in [-0.25, -0.2) is 0 Å². The number of H-pyrrole nitrogens is 1. The first-order valence-electron chi connectivity index (χ1n) is 6.28. The van der Waals surface area contributed by atoms with Crippen molar-refractivity contribution in [3.63, 3.8) is 0 Å². The maximum absolute atomic E-state index is 12.0. The highest BCUT2D eigenvalue weighted by Crippen LogP contribution is 2.21. The first-order valence-corrected chi connectivity index (χ1v) is 6.65. The Balaban J connectivity index is 2.02. The van der Waals surface area contributed by atoms with Crippen LogP contribution in [0.1, 0.15) is 18.4 Å². The molecule has 0 radical (unpaired) electrons. The Morgan fingerprint density at radius 1 is 1.39 bits per heavy atom. The minimum atomic E-state index is -0.0238. The molecule has 94 valence electrons. The quantitative estimate of drug-likeness (QED) is 0.873. The van der Waals surface area contributed by atoms with Gasteiger partial charge in [0.25, 0.3) is 5.56 Å². The molecular formula is C14H15ClN2O. The lowest BCUT2D eigenvalue weighted by Crippen LogP contribution is -2.27. The number of benzene rings is 1. The van der Waals surface area contributed by atoms with Crippen LogP contribution < -0.4 is 10.9 Å². The Labute approximate surface area is 110 Å². The molecule has 1 fully saturated rings. The van der Waals surface area contributed by atoms with Gasteiger partial charge in [0.05, 0.1) is 10.5 Å². The van der Waals surface area contributed by atoms with E-state index in [1.807, 2.05) is 18.2 Å². The van der Waals surface area contributed by atoms with Gasteiger partial charge < -0.3 is 10.3 Å². The van der Waals surface area contributed by atoms with Crippen molar-refractivity contribution in [3.8, 4) is 0 Å². The first-order chi connectivity index (χ1) is 8.74. The van der Waals surface area contributed by atoms with Gasteiger partial charge >= 0.3 is 0 Å². The average molecular weight is 263 g/mol. The summed E-state index contributed by atoms with van der Waals surface area (Å²) in [7, 11) is 0. The van der Waals surface area contributed by atoms with Crippen LogP contribution in [0.15, 0.2) is 29.1 Å². The fourth-order valence-electron chi connectivity index (χ4n) is 2.59. The van der Waals surface area contributed by atoms with Crippen LogP contribution in [0, 0.1) is 0 Å². The van der Waals surface area contributed by atoms with Gasteiger partial charge in [0.15, 0.2) is 0 Å². The van der Waals surface area contributed by atoms with E-state index < -0.39 is 0 Å². The van der Waals surface area contributed by atoms with Crippen molar-refractivity contribution in [2.45, 2.75) is 25.3 Å². The first kappa shape index (κ1) is 11.8. The molecule has 1 aliphatic heterocycles. The van der Waals surface area contributed by atoms with Crippen molar-refractivity contribution < 1.29 is 0 Å². The van der Waals surface area contributed by atoms with Crippen molar-refractivity contribution in [1.82, 2.24) is 10.3 Å². The topological polar surface area (TPSA) is 44.9 Å². The molecule has 2 aromatic rings. The number of pyridine rings is 1. The molecule has 2 N–H and O–H groups in total. The molecule has 1 unspecified atom stereocenters. The van der Waals surface area contributed by atoms with Crippen molar-refractivity contribution in [2.24, 2.45) is 0 Å². The van der Waals surface area contributed by atoms with E-state index in [1.165, 1.54) is 6.42 Å². The number of aromatic nitrogens is 1. The summed E-state index contributed by atoms with van der Waals surface area (Å²) >= 11 is 6.07. The lowest BCUT2D eigenvalue weighted by atomic mass is 10.0. The van der Waals surface area contributed by atoms with E-state index in [9.17, 15) is 4.79 Å². The molecule has 3 rings (SSSR count). The molecule has 0 aliphatic carbocycles. The summed E-state index contributed by atoms with van der Waals surface area (Å²) in [6, 6.07) is 8.06. The van der Waals surface area contributed by atoms with Gasteiger partial charge in [-0.05, 0) is 37.9 Å². The van der Waals surface area contributed by atoms with Crippen LogP contribution in [-0.4, -0.2) is 17.6 Å². The van der Waals surface area contributed by atoms with Crippen molar-refractivity contribution in [3.05, 3.63) is 45.2 Å². The molecule has 1 aliphatic rings. The Hall–Kier alpha value is -1.32. The summed E-state index contributed by atoms with van der Waals surface area (Å²) in [5, 5.41) is 5.00. The van der Waals surface area contributed by atoms with Crippen molar-refractivity contribution in [2.75, 3.05) is 6.54 Å². The van der Waals surface area contributed by atoms with Gasteiger partial charge in [0.2, 0.25) is 0 Å². The molecule has 0 amide bonds. The molecule has 1 atom stereocenters. The van der Waals surface area contributed by atoms with Crippen LogP contribution in [0.2, 0.25) is 5.02 Å². The van der Waals surface area contributed by atoms with E-state index in [-0.39, 0.29) is 5.56 Å². The number of hydrogen-bond acceptors (Lipinski definition) is 2. The molecular weight excluding hydrogens is 248 g/mol. The molecule has 4 heteroatoms. The highest BCUT2D eigenvalue weighted by Gasteiger charge is 2.16. The van der Waals surface area contributed by atoms with E-state index >= 15 is 0 Å². The number of fused-ring (bicyclic) bond motifs is 1. The van der Waals surface area contributed by atoms with Crippen molar-refractivity contribution in [1.29, 1.82) is 0 Å². The van der Waals surface area contributed by atoms with Crippen LogP contribution in [0.25, 0.3) is 10.9 Å². The van der Waals surface area contributed by atoms with Crippen molar-refractivity contribution >= 4 is 22.5 Å². The molecule has 1 saturated heterocycles. The Morgan fingerprint density at radius 2 is 2.28 bits per heavy atom. The van der Waals surface area contributed by atoms with E-state index in [0.717, 1.165) is 35.9 Å². The number of hydrogen-bond donors (Lipinski definition) is 2. The third kappa shape index (κ3) is 2.16. The molecule has 0 saturated carbocycles. The van der Waals surface area contributed by atoms with Gasteiger partial charge in [0.1, 0.15) is 0 Å². The maximum atomic E-state index is 12.0. The minimum absolute atomic E-state index is 0.0238. The van der Waals surface area contributed by atoms with Crippen LogP contribution in [0.3, 0.4) is 0 Å². The second-order valence-corrected chi connectivity index (χ2v) is 5.23. The van der Waals surface area contributed by atoms with Crippen LogP contribution in [0.4, 0.5) is 0 Å². The number of aromatic amines is 1. The second-order valence-electron chi connectivity index (χ2n) is 4.83. The number of nitrogens with one attached hydrogen (secondary N) is 2. The second kappa shape index (κ2) is 4.75. The van der Waals surface area contributed by atoms with Gasteiger partial charge in [-0.1, -0.05) is 23.7 Å². The highest BCUT2D eigenvalue weighted by molar-refractivity contribution is 6.35. The third-order valence-electron chi connectivity index (χ3n) is 3.53. The zero-order chi connectivity index (χ0) is 12.5. The summed E-state index contributed by atoms with van der Waals surface area (Å²) in [5.74, 6) is 0. The monoisotopic (exact) mass is 262 g/mol.